The second-order valence-corrected chi connectivity index (χ2v) is 6.44. The minimum atomic E-state index is -5.08. The molecule has 0 aliphatic carbocycles. The predicted octanol–water partition coefficient (Wildman–Crippen LogP) is 4.05. The topological polar surface area (TPSA) is 105 Å². The van der Waals surface area contributed by atoms with E-state index in [0.29, 0.717) is 6.54 Å². The van der Waals surface area contributed by atoms with E-state index in [1.807, 2.05) is 68.0 Å². The van der Waals surface area contributed by atoms with Gasteiger partial charge >= 0.3 is 18.2 Å². The molecule has 0 bridgehead atoms. The van der Waals surface area contributed by atoms with Crippen molar-refractivity contribution in [2.45, 2.75) is 12.7 Å². The number of nitrogens with one attached hydrogen (secondary N) is 2. The van der Waals surface area contributed by atoms with Gasteiger partial charge in [0, 0.05) is 31.0 Å². The number of carbonyl (C=O) groups is 2. The van der Waals surface area contributed by atoms with Gasteiger partial charge in [-0.15, -0.1) is 0 Å². The average Bonchev–Trinajstić information content (AvgIpc) is 3.19. The number of ether oxygens (including phenoxy) is 1. The first kappa shape index (κ1) is 24.3. The molecule has 0 saturated carbocycles. The Morgan fingerprint density at radius 1 is 1.12 bits per heavy atom. The zero-order chi connectivity index (χ0) is 23.7. The molecule has 3 rings (SSSR count). The number of aryl methyl sites for hydroxylation is 1. The number of methoxy groups -OCH3 is 1. The Bertz CT molecular complexity index is 1050. The molecule has 0 unspecified atom stereocenters. The first-order chi connectivity index (χ1) is 15.1. The molecule has 0 fully saturated rings. The van der Waals surface area contributed by atoms with Gasteiger partial charge in [-0.1, -0.05) is 24.3 Å². The van der Waals surface area contributed by atoms with E-state index in [0.717, 1.165) is 28.1 Å². The van der Waals surface area contributed by atoms with Crippen molar-refractivity contribution in [2.75, 3.05) is 12.4 Å². The molecule has 0 spiro atoms. The highest BCUT2D eigenvalue weighted by Gasteiger charge is 2.38. The lowest BCUT2D eigenvalue weighted by Gasteiger charge is -2.09. The Morgan fingerprint density at radius 3 is 2.31 bits per heavy atom. The SMILES string of the molecule is COc1cccc(CNC(=O)Nc2ccc(-c3cnn(C)c3)cc2)c1.O=C(O)C(F)(F)F. The second kappa shape index (κ2) is 10.8. The summed E-state index contributed by atoms with van der Waals surface area (Å²) < 4.78 is 38.7. The maximum Gasteiger partial charge on any atom is 0.490 e. The van der Waals surface area contributed by atoms with Crippen LogP contribution in [0.1, 0.15) is 5.56 Å². The summed E-state index contributed by atoms with van der Waals surface area (Å²) in [5, 5.41) is 16.9. The lowest BCUT2D eigenvalue weighted by Crippen LogP contribution is -2.28. The van der Waals surface area contributed by atoms with Gasteiger partial charge in [0.2, 0.25) is 0 Å². The van der Waals surface area contributed by atoms with Crippen LogP contribution in [-0.2, 0) is 18.4 Å². The normalized spacial score (nSPS) is 10.5. The number of carbonyl (C=O) groups excluding carboxylic acids is 1. The van der Waals surface area contributed by atoms with Crippen LogP contribution in [0.3, 0.4) is 0 Å². The molecule has 1 aromatic heterocycles. The molecule has 2 aromatic carbocycles. The minimum Gasteiger partial charge on any atom is -0.497 e. The first-order valence-corrected chi connectivity index (χ1v) is 9.15. The molecule has 0 atom stereocenters. The summed E-state index contributed by atoms with van der Waals surface area (Å²) in [5.74, 6) is -1.99. The van der Waals surface area contributed by atoms with Crippen LogP contribution in [0.4, 0.5) is 23.7 Å². The largest absolute Gasteiger partial charge is 0.497 e. The summed E-state index contributed by atoms with van der Waals surface area (Å²) in [6, 6.07) is 15.0. The number of rotatable bonds is 5. The molecule has 1 heterocycles. The molecule has 3 aromatic rings. The van der Waals surface area contributed by atoms with E-state index < -0.39 is 12.1 Å². The number of benzene rings is 2. The van der Waals surface area contributed by atoms with Crippen LogP contribution in [0.5, 0.6) is 5.75 Å². The average molecular weight is 450 g/mol. The molecule has 2 amide bonds. The zero-order valence-electron chi connectivity index (χ0n) is 17.2. The van der Waals surface area contributed by atoms with Gasteiger partial charge in [-0.25, -0.2) is 9.59 Å². The molecular weight excluding hydrogens is 429 g/mol. The first-order valence-electron chi connectivity index (χ1n) is 9.15. The van der Waals surface area contributed by atoms with Crippen molar-refractivity contribution in [1.82, 2.24) is 15.1 Å². The maximum absolute atomic E-state index is 12.0. The van der Waals surface area contributed by atoms with E-state index in [4.69, 9.17) is 14.6 Å². The number of amides is 2. The van der Waals surface area contributed by atoms with Gasteiger partial charge in [0.15, 0.2) is 0 Å². The molecule has 11 heteroatoms. The zero-order valence-corrected chi connectivity index (χ0v) is 17.2. The number of hydrogen-bond acceptors (Lipinski definition) is 4. The van der Waals surface area contributed by atoms with E-state index in [1.54, 1.807) is 11.8 Å². The summed E-state index contributed by atoms with van der Waals surface area (Å²) in [6.45, 7) is 0.427. The van der Waals surface area contributed by atoms with Crippen LogP contribution < -0.4 is 15.4 Å². The van der Waals surface area contributed by atoms with Gasteiger partial charge < -0.3 is 20.5 Å². The van der Waals surface area contributed by atoms with Crippen molar-refractivity contribution in [1.29, 1.82) is 0 Å². The third-order valence-corrected chi connectivity index (χ3v) is 4.01. The number of halogens is 3. The highest BCUT2D eigenvalue weighted by Crippen LogP contribution is 2.20. The monoisotopic (exact) mass is 450 g/mol. The number of nitrogens with zero attached hydrogens (tertiary/aromatic N) is 2. The summed E-state index contributed by atoms with van der Waals surface area (Å²) >= 11 is 0. The Hall–Kier alpha value is -4.02. The minimum absolute atomic E-state index is 0.253. The van der Waals surface area contributed by atoms with Crippen molar-refractivity contribution < 1.29 is 32.6 Å². The van der Waals surface area contributed by atoms with Crippen LogP contribution in [0.25, 0.3) is 11.1 Å². The molecule has 0 aliphatic rings. The van der Waals surface area contributed by atoms with Crippen LogP contribution in [0.15, 0.2) is 60.9 Å². The van der Waals surface area contributed by atoms with Gasteiger partial charge in [0.1, 0.15) is 5.75 Å². The lowest BCUT2D eigenvalue weighted by molar-refractivity contribution is -0.192. The standard InChI is InChI=1S/C19H20N4O2.C2HF3O2/c1-23-13-16(12-21-23)15-6-8-17(9-7-15)22-19(24)20-11-14-4-3-5-18(10-14)25-2;3-2(4,5)1(6)7/h3-10,12-13H,11H2,1-2H3,(H2,20,22,24);(H,6,7). The number of carboxylic acids is 1. The van der Waals surface area contributed by atoms with Crippen molar-refractivity contribution in [3.8, 4) is 16.9 Å². The fraction of sp³-hybridized carbons (Fsp3) is 0.190. The smallest absolute Gasteiger partial charge is 0.490 e. The van der Waals surface area contributed by atoms with Crippen LogP contribution in [0, 0.1) is 0 Å². The second-order valence-electron chi connectivity index (χ2n) is 6.44. The molecule has 170 valence electrons. The number of alkyl halides is 3. The fourth-order valence-electron chi connectivity index (χ4n) is 2.46. The van der Waals surface area contributed by atoms with Crippen molar-refractivity contribution in [2.24, 2.45) is 7.05 Å². The number of hydrogen-bond donors (Lipinski definition) is 3. The number of anilines is 1. The molecule has 0 saturated heterocycles. The van der Waals surface area contributed by atoms with E-state index in [-0.39, 0.29) is 6.03 Å². The highest BCUT2D eigenvalue weighted by molar-refractivity contribution is 5.89. The van der Waals surface area contributed by atoms with Crippen molar-refractivity contribution in [3.63, 3.8) is 0 Å². The van der Waals surface area contributed by atoms with E-state index >= 15 is 0 Å². The summed E-state index contributed by atoms with van der Waals surface area (Å²) in [6.07, 6.45) is -1.33. The molecular formula is C21H21F3N4O4. The Balaban J connectivity index is 0.000000451. The van der Waals surface area contributed by atoms with Crippen molar-refractivity contribution >= 4 is 17.7 Å². The van der Waals surface area contributed by atoms with E-state index in [9.17, 15) is 18.0 Å². The number of urea groups is 1. The third-order valence-electron chi connectivity index (χ3n) is 4.01. The van der Waals surface area contributed by atoms with Gasteiger partial charge in [-0.3, -0.25) is 4.68 Å². The fourth-order valence-corrected chi connectivity index (χ4v) is 2.46. The number of aliphatic carboxylic acids is 1. The van der Waals surface area contributed by atoms with Gasteiger partial charge in [-0.05, 0) is 35.4 Å². The molecule has 3 N–H and O–H groups in total. The van der Waals surface area contributed by atoms with E-state index in [1.165, 1.54) is 0 Å². The summed E-state index contributed by atoms with van der Waals surface area (Å²) in [5.41, 5.74) is 3.80. The molecule has 0 radical (unpaired) electrons. The Labute approximate surface area is 181 Å². The summed E-state index contributed by atoms with van der Waals surface area (Å²) in [7, 11) is 3.50. The molecule has 8 nitrogen and oxygen atoms in total. The quantitative estimate of drug-likeness (QED) is 0.544. The van der Waals surface area contributed by atoms with Crippen LogP contribution in [0.2, 0.25) is 0 Å². The Morgan fingerprint density at radius 2 is 1.78 bits per heavy atom. The molecule has 32 heavy (non-hydrogen) atoms. The van der Waals surface area contributed by atoms with Crippen LogP contribution in [-0.4, -0.2) is 40.2 Å². The number of aromatic nitrogens is 2. The van der Waals surface area contributed by atoms with E-state index in [2.05, 4.69) is 15.7 Å². The highest BCUT2D eigenvalue weighted by atomic mass is 19.4. The Kier molecular flexibility index (Phi) is 8.22. The molecule has 0 aliphatic heterocycles. The van der Waals surface area contributed by atoms with Crippen LogP contribution >= 0.6 is 0 Å². The third kappa shape index (κ3) is 7.67. The maximum atomic E-state index is 12.0. The van der Waals surface area contributed by atoms with Gasteiger partial charge in [0.25, 0.3) is 0 Å². The lowest BCUT2D eigenvalue weighted by atomic mass is 10.1. The van der Waals surface area contributed by atoms with Crippen molar-refractivity contribution in [3.05, 3.63) is 66.5 Å². The summed E-state index contributed by atoms with van der Waals surface area (Å²) in [4.78, 5) is 20.9. The predicted molar refractivity (Wildman–Crippen MR) is 111 cm³/mol. The van der Waals surface area contributed by atoms with Gasteiger partial charge in [0.05, 0.1) is 13.3 Å². The number of carboxylic acid groups (broad SMARTS) is 1. The van der Waals surface area contributed by atoms with Gasteiger partial charge in [-0.2, -0.15) is 18.3 Å².